The number of benzene rings is 7. The van der Waals surface area contributed by atoms with Crippen molar-refractivity contribution in [3.8, 4) is 33.6 Å². The van der Waals surface area contributed by atoms with Gasteiger partial charge in [-0.3, -0.25) is 0 Å². The van der Waals surface area contributed by atoms with E-state index in [4.69, 9.17) is 9.97 Å². The summed E-state index contributed by atoms with van der Waals surface area (Å²) in [6.45, 7) is 27.8. The largest absolute Gasteiger partial charge is 0.311 e. The maximum absolute atomic E-state index is 4.83. The molecule has 0 spiro atoms. The first-order valence-electron chi connectivity index (χ1n) is 23.9. The lowest BCUT2D eigenvalue weighted by atomic mass is 9.33. The quantitative estimate of drug-likeness (QED) is 0.161. The van der Waals surface area contributed by atoms with Gasteiger partial charge in [-0.1, -0.05) is 180 Å². The van der Waals surface area contributed by atoms with E-state index in [-0.39, 0.29) is 28.4 Å². The molecule has 5 nitrogen and oxygen atoms in total. The molecule has 10 rings (SSSR count). The summed E-state index contributed by atoms with van der Waals surface area (Å²) in [7, 11) is 0. The molecule has 1 aromatic heterocycles. The van der Waals surface area contributed by atoms with Gasteiger partial charge in [0.2, 0.25) is 0 Å². The zero-order valence-corrected chi connectivity index (χ0v) is 41.3. The molecule has 7 aromatic carbocycles. The summed E-state index contributed by atoms with van der Waals surface area (Å²) < 4.78 is 0. The van der Waals surface area contributed by atoms with Crippen LogP contribution in [0.1, 0.15) is 105 Å². The molecule has 334 valence electrons. The predicted molar refractivity (Wildman–Crippen MR) is 285 cm³/mol. The summed E-state index contributed by atoms with van der Waals surface area (Å²) in [6, 6.07) is 55.2. The number of rotatable bonds is 5. The standard InChI is InChI=1S/C61H62BN5/c1-58(2,3)44-31-45(59(4,5)6)34-48(33-44)66-52-27-41(39-19-15-13-16-20-39)23-25-50(52)62-51-26-24-42(40-21-17-14-18-22-40)28-53(51)67(49-35-46(60(7,8)9)32-47(36-49)61(10,11)12)55-30-43(29-54(66)56(55)62)57-64-37-63-38-65-57/h13-38H,1-12H3. The van der Waals surface area contributed by atoms with Crippen molar-refractivity contribution in [2.45, 2.75) is 105 Å². The normalized spacial score (nSPS) is 13.6. The van der Waals surface area contributed by atoms with Crippen LogP contribution in [0, 0.1) is 0 Å². The summed E-state index contributed by atoms with van der Waals surface area (Å²) in [5, 5.41) is 0. The highest BCUT2D eigenvalue weighted by molar-refractivity contribution is 7.00. The Morgan fingerprint density at radius 2 is 0.716 bits per heavy atom. The Kier molecular flexibility index (Phi) is 10.5. The first-order chi connectivity index (χ1) is 31.7. The number of hydrogen-bond acceptors (Lipinski definition) is 5. The molecule has 0 N–H and O–H groups in total. The molecule has 2 aliphatic rings. The van der Waals surface area contributed by atoms with E-state index in [0.29, 0.717) is 5.82 Å². The number of fused-ring (bicyclic) bond motifs is 4. The topological polar surface area (TPSA) is 45.2 Å². The van der Waals surface area contributed by atoms with E-state index < -0.39 is 0 Å². The Bertz CT molecular complexity index is 2910. The van der Waals surface area contributed by atoms with Gasteiger partial charge in [-0.15, -0.1) is 0 Å². The van der Waals surface area contributed by atoms with Crippen molar-refractivity contribution in [2.24, 2.45) is 0 Å². The zero-order valence-electron chi connectivity index (χ0n) is 41.3. The lowest BCUT2D eigenvalue weighted by Crippen LogP contribution is -2.61. The molecule has 6 heteroatoms. The van der Waals surface area contributed by atoms with E-state index >= 15 is 0 Å². The van der Waals surface area contributed by atoms with E-state index in [9.17, 15) is 0 Å². The fraction of sp³-hybridized carbons (Fsp3) is 0.262. The molecule has 2 aliphatic heterocycles. The molecule has 3 heterocycles. The third-order valence-corrected chi connectivity index (χ3v) is 13.9. The molecule has 0 saturated heterocycles. The smallest absolute Gasteiger partial charge is 0.252 e. The fourth-order valence-corrected chi connectivity index (χ4v) is 9.90. The van der Waals surface area contributed by atoms with Gasteiger partial charge >= 0.3 is 0 Å². The lowest BCUT2D eigenvalue weighted by Gasteiger charge is -2.45. The van der Waals surface area contributed by atoms with Gasteiger partial charge < -0.3 is 9.80 Å². The summed E-state index contributed by atoms with van der Waals surface area (Å²) in [5.74, 6) is 0.635. The summed E-state index contributed by atoms with van der Waals surface area (Å²) in [5.41, 5.74) is 21.1. The molecule has 0 radical (unpaired) electrons. The monoisotopic (exact) mass is 876 g/mol. The summed E-state index contributed by atoms with van der Waals surface area (Å²) in [6.07, 6.45) is 3.22. The second-order valence-electron chi connectivity index (χ2n) is 22.8. The van der Waals surface area contributed by atoms with Crippen molar-refractivity contribution >= 4 is 57.2 Å². The first kappa shape index (κ1) is 44.1. The lowest BCUT2D eigenvalue weighted by molar-refractivity contribution is 0.568. The van der Waals surface area contributed by atoms with Crippen LogP contribution in [0.25, 0.3) is 33.6 Å². The van der Waals surface area contributed by atoms with E-state index in [1.54, 1.807) is 12.7 Å². The molecule has 0 saturated carbocycles. The minimum absolute atomic E-state index is 0.0784. The maximum Gasteiger partial charge on any atom is 0.252 e. The molecule has 0 fully saturated rings. The second-order valence-corrected chi connectivity index (χ2v) is 22.8. The van der Waals surface area contributed by atoms with Crippen molar-refractivity contribution in [3.05, 3.63) is 181 Å². The third kappa shape index (κ3) is 8.05. The Balaban J connectivity index is 1.37. The SMILES string of the molecule is CC(C)(C)c1cc(N2c3cc(-c4ccccc4)ccc3B3c4ccc(-c5ccccc5)cc4N(c4cc(C(C)(C)C)cc(C(C)(C)C)c4)c4cc(-c5ncncn5)cc2c43)cc(C(C)(C)C)c1. The molecule has 67 heavy (non-hydrogen) atoms. The predicted octanol–water partition coefficient (Wildman–Crippen LogP) is 14.1. The van der Waals surface area contributed by atoms with Crippen LogP contribution in [0.5, 0.6) is 0 Å². The van der Waals surface area contributed by atoms with Crippen molar-refractivity contribution in [1.29, 1.82) is 0 Å². The molecule has 0 atom stereocenters. The fourth-order valence-electron chi connectivity index (χ4n) is 9.90. The van der Waals surface area contributed by atoms with Crippen molar-refractivity contribution in [1.82, 2.24) is 15.0 Å². The van der Waals surface area contributed by atoms with Crippen LogP contribution in [-0.2, 0) is 21.7 Å². The third-order valence-electron chi connectivity index (χ3n) is 13.9. The van der Waals surface area contributed by atoms with E-state index in [1.165, 1.54) is 72.3 Å². The van der Waals surface area contributed by atoms with E-state index in [1.807, 2.05) is 0 Å². The average Bonchev–Trinajstić information content (AvgIpc) is 3.30. The number of aromatic nitrogens is 3. The van der Waals surface area contributed by atoms with Crippen molar-refractivity contribution in [2.75, 3.05) is 9.80 Å². The van der Waals surface area contributed by atoms with Crippen LogP contribution >= 0.6 is 0 Å². The molecular weight excluding hydrogens is 814 g/mol. The highest BCUT2D eigenvalue weighted by Crippen LogP contribution is 2.49. The second kappa shape index (κ2) is 15.9. The summed E-state index contributed by atoms with van der Waals surface area (Å²) in [4.78, 5) is 19.0. The Morgan fingerprint density at radius 3 is 1.07 bits per heavy atom. The van der Waals surface area contributed by atoms with Gasteiger partial charge in [0.25, 0.3) is 6.71 Å². The Hall–Kier alpha value is -6.79. The molecule has 0 bridgehead atoms. The average molecular weight is 876 g/mol. The molecular formula is C61H62BN5. The van der Waals surface area contributed by atoms with Gasteiger partial charge in [0, 0.05) is 39.7 Å². The number of anilines is 6. The van der Waals surface area contributed by atoms with Gasteiger partial charge in [0.1, 0.15) is 12.7 Å². The highest BCUT2D eigenvalue weighted by atomic mass is 15.2. The van der Waals surface area contributed by atoms with Crippen LogP contribution in [0.4, 0.5) is 34.1 Å². The molecule has 8 aromatic rings. The van der Waals surface area contributed by atoms with Crippen molar-refractivity contribution in [3.63, 3.8) is 0 Å². The zero-order chi connectivity index (χ0) is 47.2. The van der Waals surface area contributed by atoms with Gasteiger partial charge in [0.05, 0.1) is 0 Å². The van der Waals surface area contributed by atoms with Gasteiger partial charge in [-0.05, 0) is 131 Å². The van der Waals surface area contributed by atoms with Gasteiger partial charge in [-0.2, -0.15) is 0 Å². The Morgan fingerprint density at radius 1 is 0.358 bits per heavy atom. The van der Waals surface area contributed by atoms with E-state index in [0.717, 1.165) is 28.3 Å². The number of nitrogens with zero attached hydrogens (tertiary/aromatic N) is 5. The van der Waals surface area contributed by atoms with Crippen molar-refractivity contribution < 1.29 is 0 Å². The minimum atomic E-state index is -0.0930. The van der Waals surface area contributed by atoms with Gasteiger partial charge in [0.15, 0.2) is 5.82 Å². The van der Waals surface area contributed by atoms with Crippen LogP contribution < -0.4 is 26.2 Å². The van der Waals surface area contributed by atoms with Gasteiger partial charge in [-0.25, -0.2) is 15.0 Å². The Labute approximate surface area is 399 Å². The van der Waals surface area contributed by atoms with Crippen LogP contribution in [0.2, 0.25) is 0 Å². The van der Waals surface area contributed by atoms with Crippen LogP contribution in [0.15, 0.2) is 158 Å². The first-order valence-corrected chi connectivity index (χ1v) is 23.9. The van der Waals surface area contributed by atoms with Crippen LogP contribution in [0.3, 0.4) is 0 Å². The molecule has 0 amide bonds. The maximum atomic E-state index is 4.83. The number of hydrogen-bond donors (Lipinski definition) is 0. The highest BCUT2D eigenvalue weighted by Gasteiger charge is 2.44. The van der Waals surface area contributed by atoms with Crippen LogP contribution in [-0.4, -0.2) is 21.7 Å². The summed E-state index contributed by atoms with van der Waals surface area (Å²) >= 11 is 0. The molecule has 0 aliphatic carbocycles. The minimum Gasteiger partial charge on any atom is -0.311 e. The van der Waals surface area contributed by atoms with E-state index in [2.05, 4.69) is 243 Å². The molecule has 0 unspecified atom stereocenters.